The zero-order valence-electron chi connectivity index (χ0n) is 10.5. The van der Waals surface area contributed by atoms with Crippen molar-refractivity contribution in [3.05, 3.63) is 51.3 Å². The average Bonchev–Trinajstić information content (AvgIpc) is 2.75. The fraction of sp³-hybridized carbons (Fsp3) is 0.250. The second kappa shape index (κ2) is 5.27. The minimum Gasteiger partial charge on any atom is -0.371 e. The van der Waals surface area contributed by atoms with E-state index < -0.39 is 4.92 Å². The van der Waals surface area contributed by atoms with E-state index in [-0.39, 0.29) is 11.7 Å². The van der Waals surface area contributed by atoms with E-state index in [0.717, 1.165) is 5.69 Å². The summed E-state index contributed by atoms with van der Waals surface area (Å²) in [6, 6.07) is 6.17. The molecule has 0 aliphatic heterocycles. The van der Waals surface area contributed by atoms with Crippen LogP contribution in [0.2, 0.25) is 5.02 Å². The molecule has 1 atom stereocenters. The highest BCUT2D eigenvalue weighted by Crippen LogP contribution is 2.30. The summed E-state index contributed by atoms with van der Waals surface area (Å²) in [5, 5.41) is 18.6. The maximum absolute atomic E-state index is 11.0. The van der Waals surface area contributed by atoms with Gasteiger partial charge in [0, 0.05) is 24.3 Å². The van der Waals surface area contributed by atoms with Gasteiger partial charge in [-0.15, -0.1) is 0 Å². The highest BCUT2D eigenvalue weighted by Gasteiger charge is 2.17. The number of benzene rings is 1. The Labute approximate surface area is 115 Å². The number of nitrogens with zero attached hydrogens (tertiary/aromatic N) is 3. The molecule has 0 saturated carbocycles. The van der Waals surface area contributed by atoms with Crippen molar-refractivity contribution in [3.8, 4) is 0 Å². The van der Waals surface area contributed by atoms with E-state index >= 15 is 0 Å². The zero-order chi connectivity index (χ0) is 14.0. The van der Waals surface area contributed by atoms with Crippen LogP contribution in [0.15, 0.2) is 30.5 Å². The third-order valence-electron chi connectivity index (χ3n) is 2.83. The summed E-state index contributed by atoms with van der Waals surface area (Å²) >= 11 is 5.88. The average molecular weight is 281 g/mol. The second-order valence-electron chi connectivity index (χ2n) is 4.16. The third-order valence-corrected chi connectivity index (χ3v) is 3.06. The molecule has 7 heteroatoms. The lowest BCUT2D eigenvalue weighted by Crippen LogP contribution is -2.12. The van der Waals surface area contributed by atoms with Crippen molar-refractivity contribution in [2.75, 3.05) is 5.32 Å². The Morgan fingerprint density at radius 3 is 2.79 bits per heavy atom. The molecule has 1 N–H and O–H groups in total. The summed E-state index contributed by atoms with van der Waals surface area (Å²) in [6.07, 6.45) is 1.68. The molecular weight excluding hydrogens is 268 g/mol. The molecular formula is C12H13ClN4O2. The Kier molecular flexibility index (Phi) is 3.71. The Hall–Kier alpha value is -2.08. The maximum Gasteiger partial charge on any atom is 0.292 e. The van der Waals surface area contributed by atoms with Gasteiger partial charge in [0.25, 0.3) is 5.69 Å². The van der Waals surface area contributed by atoms with Crippen LogP contribution in [-0.4, -0.2) is 14.7 Å². The lowest BCUT2D eigenvalue weighted by Gasteiger charge is -2.15. The molecule has 0 amide bonds. The van der Waals surface area contributed by atoms with Gasteiger partial charge in [-0.3, -0.25) is 14.8 Å². The zero-order valence-corrected chi connectivity index (χ0v) is 11.3. The van der Waals surface area contributed by atoms with Crippen LogP contribution in [0.1, 0.15) is 18.7 Å². The minimum atomic E-state index is -0.436. The van der Waals surface area contributed by atoms with Crippen molar-refractivity contribution in [2.24, 2.45) is 7.05 Å². The van der Waals surface area contributed by atoms with E-state index in [1.807, 2.05) is 20.0 Å². The van der Waals surface area contributed by atoms with Gasteiger partial charge in [0.05, 0.1) is 16.7 Å². The first-order valence-electron chi connectivity index (χ1n) is 5.67. The minimum absolute atomic E-state index is 0.00146. The smallest absolute Gasteiger partial charge is 0.292 e. The van der Waals surface area contributed by atoms with E-state index in [0.29, 0.717) is 10.7 Å². The summed E-state index contributed by atoms with van der Waals surface area (Å²) in [5.74, 6) is 0. The van der Waals surface area contributed by atoms with Crippen LogP contribution in [0.4, 0.5) is 11.4 Å². The summed E-state index contributed by atoms with van der Waals surface area (Å²) in [6.45, 7) is 1.90. The van der Waals surface area contributed by atoms with Crippen LogP contribution in [0.3, 0.4) is 0 Å². The van der Waals surface area contributed by atoms with Crippen molar-refractivity contribution < 1.29 is 4.92 Å². The van der Waals surface area contributed by atoms with Crippen molar-refractivity contribution in [3.63, 3.8) is 0 Å². The first kappa shape index (κ1) is 13.4. The van der Waals surface area contributed by atoms with Gasteiger partial charge >= 0.3 is 0 Å². The highest BCUT2D eigenvalue weighted by molar-refractivity contribution is 6.31. The molecule has 0 spiro atoms. The van der Waals surface area contributed by atoms with Crippen molar-refractivity contribution in [1.29, 1.82) is 0 Å². The third kappa shape index (κ3) is 2.85. The highest BCUT2D eigenvalue weighted by atomic mass is 35.5. The normalized spacial score (nSPS) is 12.2. The fourth-order valence-corrected chi connectivity index (χ4v) is 2.07. The number of nitrogens with one attached hydrogen (secondary N) is 1. The largest absolute Gasteiger partial charge is 0.371 e. The summed E-state index contributed by atoms with van der Waals surface area (Å²) in [5.41, 5.74) is 1.32. The van der Waals surface area contributed by atoms with Gasteiger partial charge in [-0.2, -0.15) is 5.10 Å². The predicted molar refractivity (Wildman–Crippen MR) is 73.4 cm³/mol. The summed E-state index contributed by atoms with van der Waals surface area (Å²) < 4.78 is 1.72. The SMILES string of the molecule is CC(Nc1cc(Cl)ccc1[N+](=O)[O-])c1ccnn1C. The number of halogens is 1. The van der Waals surface area contributed by atoms with Gasteiger partial charge in [0.15, 0.2) is 0 Å². The first-order valence-corrected chi connectivity index (χ1v) is 6.05. The number of aromatic nitrogens is 2. The molecule has 0 aliphatic carbocycles. The molecule has 1 unspecified atom stereocenters. The maximum atomic E-state index is 11.0. The van der Waals surface area contributed by atoms with Gasteiger partial charge in [-0.1, -0.05) is 11.6 Å². The van der Waals surface area contributed by atoms with E-state index in [1.54, 1.807) is 16.9 Å². The predicted octanol–water partition coefficient (Wildman–Crippen LogP) is 3.15. The molecule has 2 aromatic rings. The Bertz CT molecular complexity index is 612. The molecule has 1 aromatic heterocycles. The van der Waals surface area contributed by atoms with Crippen LogP contribution in [0, 0.1) is 10.1 Å². The molecule has 0 fully saturated rings. The number of nitro benzene ring substituents is 1. The summed E-state index contributed by atoms with van der Waals surface area (Å²) in [7, 11) is 1.82. The number of anilines is 1. The molecule has 1 aromatic carbocycles. The number of hydrogen-bond acceptors (Lipinski definition) is 4. The Balaban J connectivity index is 2.30. The van der Waals surface area contributed by atoms with E-state index in [1.165, 1.54) is 12.1 Å². The molecule has 100 valence electrons. The Morgan fingerprint density at radius 1 is 1.47 bits per heavy atom. The van der Waals surface area contributed by atoms with Crippen LogP contribution < -0.4 is 5.32 Å². The molecule has 19 heavy (non-hydrogen) atoms. The van der Waals surface area contributed by atoms with Crippen LogP contribution >= 0.6 is 11.6 Å². The van der Waals surface area contributed by atoms with Crippen molar-refractivity contribution >= 4 is 23.0 Å². The quantitative estimate of drug-likeness (QED) is 0.690. The first-order chi connectivity index (χ1) is 8.99. The van der Waals surface area contributed by atoms with Gasteiger partial charge in [-0.05, 0) is 25.1 Å². The van der Waals surface area contributed by atoms with E-state index in [4.69, 9.17) is 11.6 Å². The van der Waals surface area contributed by atoms with E-state index in [2.05, 4.69) is 10.4 Å². The molecule has 6 nitrogen and oxygen atoms in total. The Morgan fingerprint density at radius 2 is 2.21 bits per heavy atom. The molecule has 1 heterocycles. The van der Waals surface area contributed by atoms with Gasteiger partial charge in [0.2, 0.25) is 0 Å². The van der Waals surface area contributed by atoms with Gasteiger partial charge in [0.1, 0.15) is 5.69 Å². The lowest BCUT2D eigenvalue weighted by molar-refractivity contribution is -0.384. The van der Waals surface area contributed by atoms with Crippen molar-refractivity contribution in [2.45, 2.75) is 13.0 Å². The standard InChI is InChI=1S/C12H13ClN4O2/c1-8(11-5-6-14-16(11)2)15-10-7-9(13)3-4-12(10)17(18)19/h3-8,15H,1-2H3. The van der Waals surface area contributed by atoms with E-state index in [9.17, 15) is 10.1 Å². The number of nitro groups is 1. The summed E-state index contributed by atoms with van der Waals surface area (Å²) in [4.78, 5) is 10.5. The van der Waals surface area contributed by atoms with Crippen LogP contribution in [-0.2, 0) is 7.05 Å². The molecule has 0 aliphatic rings. The fourth-order valence-electron chi connectivity index (χ4n) is 1.90. The number of hydrogen-bond donors (Lipinski definition) is 1. The van der Waals surface area contributed by atoms with Crippen molar-refractivity contribution in [1.82, 2.24) is 9.78 Å². The number of rotatable bonds is 4. The van der Waals surface area contributed by atoms with Crippen LogP contribution in [0.5, 0.6) is 0 Å². The molecule has 0 saturated heterocycles. The number of aryl methyl sites for hydroxylation is 1. The van der Waals surface area contributed by atoms with Crippen LogP contribution in [0.25, 0.3) is 0 Å². The molecule has 0 radical (unpaired) electrons. The molecule has 0 bridgehead atoms. The molecule has 2 rings (SSSR count). The van der Waals surface area contributed by atoms with Gasteiger partial charge < -0.3 is 5.32 Å². The topological polar surface area (TPSA) is 73.0 Å². The lowest BCUT2D eigenvalue weighted by atomic mass is 10.2. The van der Waals surface area contributed by atoms with Gasteiger partial charge in [-0.25, -0.2) is 0 Å². The second-order valence-corrected chi connectivity index (χ2v) is 4.60. The monoisotopic (exact) mass is 280 g/mol.